The first-order chi connectivity index (χ1) is 22.7. The smallest absolute Gasteiger partial charge is 0.301 e. The summed E-state index contributed by atoms with van der Waals surface area (Å²) in [6.45, 7) is 8.05. The first-order valence-corrected chi connectivity index (χ1v) is 16.0. The van der Waals surface area contributed by atoms with Gasteiger partial charge in [0.1, 0.15) is 17.9 Å². The van der Waals surface area contributed by atoms with Gasteiger partial charge in [0.25, 0.3) is 5.78 Å². The van der Waals surface area contributed by atoms with Crippen LogP contribution in [0.4, 0.5) is 5.13 Å². The van der Waals surface area contributed by atoms with Crippen LogP contribution in [0, 0.1) is 27.7 Å². The molecule has 0 bridgehead atoms. The normalized spacial score (nSPS) is 16.0. The number of aliphatic hydroxyl groups excluding tert-OH is 1. The average molecular weight is 645 g/mol. The number of benzene rings is 3. The molecule has 1 aliphatic heterocycles. The van der Waals surface area contributed by atoms with Gasteiger partial charge in [0.2, 0.25) is 0 Å². The second-order valence-electron chi connectivity index (χ2n) is 11.7. The van der Waals surface area contributed by atoms with Gasteiger partial charge < -0.3 is 19.0 Å². The zero-order valence-corrected chi connectivity index (χ0v) is 27.4. The van der Waals surface area contributed by atoms with E-state index >= 15 is 0 Å². The third-order valence-corrected chi connectivity index (χ3v) is 9.52. The van der Waals surface area contributed by atoms with E-state index in [0.717, 1.165) is 32.5 Å². The fourth-order valence-electron chi connectivity index (χ4n) is 6.19. The monoisotopic (exact) mass is 644 g/mol. The SMILES string of the molecule is COc1cc(C2/C(=C(\O)c3nc4c(C)cccn4c3C)C(=O)C(=O)N2c2nc3c(C)cc(C)cc3s2)ccc1OCc1ccccc1. The minimum atomic E-state index is -1.01. The van der Waals surface area contributed by atoms with Crippen LogP contribution in [0.25, 0.3) is 21.6 Å². The quantitative estimate of drug-likeness (QED) is 0.110. The van der Waals surface area contributed by atoms with Gasteiger partial charge in [-0.05, 0) is 79.8 Å². The van der Waals surface area contributed by atoms with Crippen molar-refractivity contribution in [2.24, 2.45) is 0 Å². The molecule has 1 N–H and O–H groups in total. The number of imidazole rings is 1. The molecule has 1 saturated heterocycles. The Labute approximate surface area is 275 Å². The molecule has 3 aromatic carbocycles. The highest BCUT2D eigenvalue weighted by Crippen LogP contribution is 2.46. The van der Waals surface area contributed by atoms with E-state index in [1.54, 1.807) is 18.2 Å². The van der Waals surface area contributed by atoms with Crippen molar-refractivity contribution < 1.29 is 24.2 Å². The highest BCUT2D eigenvalue weighted by molar-refractivity contribution is 7.22. The van der Waals surface area contributed by atoms with Crippen molar-refractivity contribution in [3.8, 4) is 11.5 Å². The van der Waals surface area contributed by atoms with E-state index in [1.165, 1.54) is 23.3 Å². The van der Waals surface area contributed by atoms with Crippen molar-refractivity contribution in [1.82, 2.24) is 14.4 Å². The number of ether oxygens (including phenoxy) is 2. The number of thiazole rings is 1. The molecule has 1 atom stereocenters. The Hall–Kier alpha value is -5.48. The zero-order valence-electron chi connectivity index (χ0n) is 26.6. The minimum Gasteiger partial charge on any atom is -0.505 e. The Kier molecular flexibility index (Phi) is 7.52. The molecule has 0 radical (unpaired) electrons. The maximum absolute atomic E-state index is 14.0. The number of hydrogen-bond acceptors (Lipinski definition) is 8. The number of rotatable bonds is 7. The van der Waals surface area contributed by atoms with Gasteiger partial charge in [0.05, 0.1) is 34.6 Å². The second-order valence-corrected chi connectivity index (χ2v) is 12.7. The summed E-state index contributed by atoms with van der Waals surface area (Å²) >= 11 is 1.33. The van der Waals surface area contributed by atoms with Crippen LogP contribution in [0.1, 0.15) is 45.2 Å². The molecule has 0 saturated carbocycles. The summed E-state index contributed by atoms with van der Waals surface area (Å²) in [5, 5.41) is 12.3. The number of aromatic nitrogens is 3. The Morgan fingerprint density at radius 2 is 1.70 bits per heavy atom. The highest BCUT2D eigenvalue weighted by Gasteiger charge is 2.49. The molecule has 3 aromatic heterocycles. The number of Topliss-reactive ketones (excluding diaryl/α,β-unsaturated/α-hetero) is 1. The third kappa shape index (κ3) is 5.11. The zero-order chi connectivity index (χ0) is 33.0. The van der Waals surface area contributed by atoms with Crippen LogP contribution < -0.4 is 14.4 Å². The summed E-state index contributed by atoms with van der Waals surface area (Å²) in [4.78, 5) is 38.9. The lowest BCUT2D eigenvalue weighted by molar-refractivity contribution is -0.132. The van der Waals surface area contributed by atoms with Gasteiger partial charge in [-0.25, -0.2) is 9.97 Å². The van der Waals surface area contributed by atoms with Gasteiger partial charge in [-0.1, -0.05) is 59.9 Å². The van der Waals surface area contributed by atoms with Crippen LogP contribution in [0.15, 0.2) is 84.6 Å². The molecule has 7 rings (SSSR count). The molecule has 1 aliphatic rings. The predicted molar refractivity (Wildman–Crippen MR) is 182 cm³/mol. The van der Waals surface area contributed by atoms with Crippen LogP contribution in [0.5, 0.6) is 11.5 Å². The van der Waals surface area contributed by atoms with Gasteiger partial charge >= 0.3 is 5.91 Å². The number of ketones is 1. The highest BCUT2D eigenvalue weighted by atomic mass is 32.1. The van der Waals surface area contributed by atoms with Crippen LogP contribution in [-0.4, -0.2) is 38.3 Å². The largest absolute Gasteiger partial charge is 0.505 e. The number of carbonyl (C=O) groups excluding carboxylic acids is 2. The summed E-state index contributed by atoms with van der Waals surface area (Å²) in [5.74, 6) is -1.05. The number of aliphatic hydroxyl groups is 1. The summed E-state index contributed by atoms with van der Waals surface area (Å²) in [5.41, 5.74) is 6.67. The van der Waals surface area contributed by atoms with Gasteiger partial charge in [0, 0.05) is 6.20 Å². The van der Waals surface area contributed by atoms with E-state index < -0.39 is 17.7 Å². The number of methoxy groups -OCH3 is 1. The Balaban J connectivity index is 1.40. The number of fused-ring (bicyclic) bond motifs is 2. The summed E-state index contributed by atoms with van der Waals surface area (Å²) in [7, 11) is 1.53. The van der Waals surface area contributed by atoms with Gasteiger partial charge in [-0.2, -0.15) is 0 Å². The number of anilines is 1. The number of carbonyl (C=O) groups is 2. The van der Waals surface area contributed by atoms with Crippen molar-refractivity contribution in [3.05, 3.63) is 124 Å². The molecule has 4 heterocycles. The standard InChI is InChI=1S/C37H32N4O5S/c1-20-16-22(3)30-28(17-20)47-37(39-30)41-32(25-13-14-26(27(18-25)45-5)46-19-24-11-7-6-8-12-24)29(34(43)36(41)44)33(42)31-23(4)40-15-9-10-21(2)35(40)38-31/h6-18,32,42H,19H2,1-5H3/b33-29+. The second kappa shape index (κ2) is 11.7. The molecular weight excluding hydrogens is 612 g/mol. The van der Waals surface area contributed by atoms with Crippen LogP contribution in [-0.2, 0) is 16.2 Å². The average Bonchev–Trinajstić information content (AvgIpc) is 3.72. The Bertz CT molecular complexity index is 2250. The first-order valence-electron chi connectivity index (χ1n) is 15.1. The number of aryl methyl sites for hydroxylation is 4. The lowest BCUT2D eigenvalue weighted by atomic mass is 9.96. The molecule has 0 spiro atoms. The van der Waals surface area contributed by atoms with E-state index in [-0.39, 0.29) is 17.0 Å². The van der Waals surface area contributed by atoms with E-state index in [2.05, 4.69) is 0 Å². The summed E-state index contributed by atoms with van der Waals surface area (Å²) in [6, 6.07) is 21.9. The molecule has 9 nitrogen and oxygen atoms in total. The lowest BCUT2D eigenvalue weighted by Crippen LogP contribution is -2.29. The molecule has 236 valence electrons. The number of amides is 1. The fraction of sp³-hybridized carbons (Fsp3) is 0.189. The molecule has 0 aliphatic carbocycles. The maximum Gasteiger partial charge on any atom is 0.301 e. The van der Waals surface area contributed by atoms with Crippen molar-refractivity contribution in [3.63, 3.8) is 0 Å². The fourth-order valence-corrected chi connectivity index (χ4v) is 7.36. The minimum absolute atomic E-state index is 0.0775. The van der Waals surface area contributed by atoms with Gasteiger partial charge in [0.15, 0.2) is 22.4 Å². The molecular formula is C37H32N4O5S. The Morgan fingerprint density at radius 3 is 2.45 bits per heavy atom. The van der Waals surface area contributed by atoms with E-state index in [9.17, 15) is 14.7 Å². The van der Waals surface area contributed by atoms with Crippen molar-refractivity contribution >= 4 is 49.8 Å². The molecule has 10 heteroatoms. The molecule has 1 unspecified atom stereocenters. The van der Waals surface area contributed by atoms with E-state index in [4.69, 9.17) is 19.4 Å². The topological polar surface area (TPSA) is 106 Å². The molecule has 47 heavy (non-hydrogen) atoms. The lowest BCUT2D eigenvalue weighted by Gasteiger charge is -2.23. The van der Waals surface area contributed by atoms with Crippen LogP contribution in [0.3, 0.4) is 0 Å². The number of nitrogens with zero attached hydrogens (tertiary/aromatic N) is 4. The maximum atomic E-state index is 14.0. The van der Waals surface area contributed by atoms with Crippen molar-refractivity contribution in [2.45, 2.75) is 40.3 Å². The first kappa shape index (κ1) is 30.2. The van der Waals surface area contributed by atoms with Crippen LogP contribution in [0.2, 0.25) is 0 Å². The van der Waals surface area contributed by atoms with Crippen molar-refractivity contribution in [2.75, 3.05) is 12.0 Å². The molecule has 1 fully saturated rings. The number of hydrogen-bond donors (Lipinski definition) is 1. The summed E-state index contributed by atoms with van der Waals surface area (Å²) < 4.78 is 14.6. The van der Waals surface area contributed by atoms with Gasteiger partial charge in [-0.15, -0.1) is 0 Å². The van der Waals surface area contributed by atoms with Gasteiger partial charge in [-0.3, -0.25) is 14.5 Å². The summed E-state index contributed by atoms with van der Waals surface area (Å²) in [6.07, 6.45) is 1.85. The third-order valence-electron chi connectivity index (χ3n) is 8.52. The van der Waals surface area contributed by atoms with Crippen LogP contribution >= 0.6 is 11.3 Å². The molecule has 1 amide bonds. The number of pyridine rings is 1. The predicted octanol–water partition coefficient (Wildman–Crippen LogP) is 7.39. The van der Waals surface area contributed by atoms with Crippen molar-refractivity contribution in [1.29, 1.82) is 0 Å². The van der Waals surface area contributed by atoms with E-state index in [1.807, 2.05) is 92.9 Å². The van der Waals surface area contributed by atoms with E-state index in [0.29, 0.717) is 40.1 Å². The molecule has 6 aromatic rings. The Morgan fingerprint density at radius 1 is 0.915 bits per heavy atom.